The maximum atomic E-state index is 11.1. The summed E-state index contributed by atoms with van der Waals surface area (Å²) in [4.78, 5) is 15.2. The number of nitrogen functional groups attached to an aromatic ring is 1. The topological polar surface area (TPSA) is 86.7 Å². The molecule has 0 aliphatic rings. The number of nitrogens with zero attached hydrogens (tertiary/aromatic N) is 4. The zero-order chi connectivity index (χ0) is 10.8. The summed E-state index contributed by atoms with van der Waals surface area (Å²) in [7, 11) is 0. The van der Waals surface area contributed by atoms with Gasteiger partial charge in [-0.1, -0.05) is 16.4 Å². The molecule has 15 heavy (non-hydrogen) atoms. The van der Waals surface area contributed by atoms with Crippen LogP contribution in [0.15, 0.2) is 29.2 Å². The first-order valence-electron chi connectivity index (χ1n) is 4.33. The zero-order valence-electron chi connectivity index (χ0n) is 8.08. The van der Waals surface area contributed by atoms with E-state index in [-0.39, 0.29) is 5.69 Å². The Morgan fingerprint density at radius 3 is 2.87 bits per heavy atom. The summed E-state index contributed by atoms with van der Waals surface area (Å²) in [5.41, 5.74) is 5.67. The van der Waals surface area contributed by atoms with Crippen molar-refractivity contribution in [1.82, 2.24) is 20.0 Å². The molecule has 6 nitrogen and oxygen atoms in total. The van der Waals surface area contributed by atoms with Gasteiger partial charge in [-0.2, -0.15) is 4.68 Å². The molecule has 2 aromatic heterocycles. The number of hydrogen-bond donors (Lipinski definition) is 1. The second kappa shape index (κ2) is 3.49. The molecule has 2 heterocycles. The van der Waals surface area contributed by atoms with Gasteiger partial charge in [-0.15, -0.1) is 0 Å². The van der Waals surface area contributed by atoms with Gasteiger partial charge in [0.25, 0.3) is 0 Å². The highest BCUT2D eigenvalue weighted by atomic mass is 16.1. The summed E-state index contributed by atoms with van der Waals surface area (Å²) in [6, 6.07) is 5.36. The lowest BCUT2D eigenvalue weighted by Gasteiger charge is -2.07. The number of rotatable bonds is 1. The highest BCUT2D eigenvalue weighted by Crippen LogP contribution is 2.07. The van der Waals surface area contributed by atoms with Gasteiger partial charge in [0.2, 0.25) is 0 Å². The molecule has 0 fully saturated rings. The van der Waals surface area contributed by atoms with E-state index in [1.807, 2.05) is 6.07 Å². The average molecular weight is 203 g/mol. The van der Waals surface area contributed by atoms with Crippen molar-refractivity contribution in [3.63, 3.8) is 0 Å². The molecule has 0 atom stereocenters. The van der Waals surface area contributed by atoms with Crippen LogP contribution in [0.5, 0.6) is 0 Å². The number of nitrogens with two attached hydrogens (primary N) is 1. The molecule has 2 aromatic rings. The van der Waals surface area contributed by atoms with E-state index in [1.54, 1.807) is 25.3 Å². The van der Waals surface area contributed by atoms with Gasteiger partial charge in [0, 0.05) is 6.20 Å². The second-order valence-electron chi connectivity index (χ2n) is 2.99. The molecule has 0 radical (unpaired) electrons. The molecule has 0 aliphatic carbocycles. The third kappa shape index (κ3) is 1.56. The molecule has 0 amide bonds. The van der Waals surface area contributed by atoms with Crippen molar-refractivity contribution >= 4 is 5.69 Å². The largest absolute Gasteiger partial charge is 0.393 e. The van der Waals surface area contributed by atoms with Gasteiger partial charge in [-0.3, -0.25) is 4.79 Å². The van der Waals surface area contributed by atoms with Gasteiger partial charge in [0.05, 0.1) is 5.69 Å². The summed E-state index contributed by atoms with van der Waals surface area (Å²) in [5, 5.41) is 7.13. The predicted molar refractivity (Wildman–Crippen MR) is 54.6 cm³/mol. The van der Waals surface area contributed by atoms with Crippen LogP contribution >= 0.6 is 0 Å². The van der Waals surface area contributed by atoms with Gasteiger partial charge >= 0.3 is 5.56 Å². The molecule has 0 bridgehead atoms. The van der Waals surface area contributed by atoms with E-state index in [4.69, 9.17) is 5.73 Å². The van der Waals surface area contributed by atoms with E-state index in [2.05, 4.69) is 15.3 Å². The van der Waals surface area contributed by atoms with Gasteiger partial charge in [-0.25, -0.2) is 4.98 Å². The maximum absolute atomic E-state index is 11.1. The first kappa shape index (κ1) is 9.32. The van der Waals surface area contributed by atoms with Crippen LogP contribution in [0, 0.1) is 6.92 Å². The molecule has 0 aliphatic heterocycles. The normalized spacial score (nSPS) is 10.2. The van der Waals surface area contributed by atoms with Gasteiger partial charge in [0.15, 0.2) is 5.82 Å². The SMILES string of the molecule is Cc1c(N)c(=O)nnn1-c1ccccn1. The van der Waals surface area contributed by atoms with E-state index in [0.717, 1.165) is 0 Å². The van der Waals surface area contributed by atoms with Crippen LogP contribution in [0.25, 0.3) is 5.82 Å². The lowest BCUT2D eigenvalue weighted by atomic mass is 10.3. The standard InChI is InChI=1S/C9H9N5O/c1-6-8(10)9(15)12-13-14(6)7-4-2-3-5-11-7/h2-5H,10H2,1H3. The molecule has 0 spiro atoms. The maximum Gasteiger partial charge on any atom is 0.314 e. The molecule has 2 N–H and O–H groups in total. The van der Waals surface area contributed by atoms with Gasteiger partial charge in [-0.05, 0) is 19.1 Å². The van der Waals surface area contributed by atoms with Crippen LogP contribution in [0.4, 0.5) is 5.69 Å². The van der Waals surface area contributed by atoms with E-state index in [0.29, 0.717) is 11.5 Å². The van der Waals surface area contributed by atoms with Crippen LogP contribution in [-0.4, -0.2) is 20.0 Å². The third-order valence-corrected chi connectivity index (χ3v) is 2.03. The van der Waals surface area contributed by atoms with E-state index in [1.165, 1.54) is 4.68 Å². The molecule has 0 unspecified atom stereocenters. The highest BCUT2D eigenvalue weighted by Gasteiger charge is 2.07. The Kier molecular flexibility index (Phi) is 2.17. The third-order valence-electron chi connectivity index (χ3n) is 2.03. The molecule has 0 saturated heterocycles. The minimum Gasteiger partial charge on any atom is -0.393 e. The molecule has 2 rings (SSSR count). The Morgan fingerprint density at radius 1 is 1.40 bits per heavy atom. The number of anilines is 1. The molecule has 76 valence electrons. The minimum atomic E-state index is -0.514. The fraction of sp³-hybridized carbons (Fsp3) is 0.111. The zero-order valence-corrected chi connectivity index (χ0v) is 8.08. The van der Waals surface area contributed by atoms with Crippen molar-refractivity contribution in [2.75, 3.05) is 5.73 Å². The first-order chi connectivity index (χ1) is 7.20. The van der Waals surface area contributed by atoms with Crippen LogP contribution in [-0.2, 0) is 0 Å². The summed E-state index contributed by atoms with van der Waals surface area (Å²) >= 11 is 0. The van der Waals surface area contributed by atoms with Crippen molar-refractivity contribution in [2.45, 2.75) is 6.92 Å². The lowest BCUT2D eigenvalue weighted by molar-refractivity contribution is 0.693. The van der Waals surface area contributed by atoms with Crippen molar-refractivity contribution in [3.05, 3.63) is 40.4 Å². The van der Waals surface area contributed by atoms with E-state index >= 15 is 0 Å². The summed E-state index contributed by atoms with van der Waals surface area (Å²) in [6.45, 7) is 1.69. The minimum absolute atomic E-state index is 0.0932. The molecule has 6 heteroatoms. The lowest BCUT2D eigenvalue weighted by Crippen LogP contribution is -2.22. The molecule has 0 saturated carbocycles. The monoisotopic (exact) mass is 203 g/mol. The van der Waals surface area contributed by atoms with Crippen LogP contribution < -0.4 is 11.3 Å². The molecular formula is C9H9N5O. The van der Waals surface area contributed by atoms with Crippen molar-refractivity contribution in [2.24, 2.45) is 0 Å². The fourth-order valence-corrected chi connectivity index (χ4v) is 1.17. The van der Waals surface area contributed by atoms with Crippen molar-refractivity contribution in [1.29, 1.82) is 0 Å². The Labute approximate surface area is 85.4 Å². The number of pyridine rings is 1. The predicted octanol–water partition coefficient (Wildman–Crippen LogP) is -0.0869. The average Bonchev–Trinajstić information content (AvgIpc) is 2.27. The number of aromatic nitrogens is 4. The molecular weight excluding hydrogens is 194 g/mol. The highest BCUT2D eigenvalue weighted by molar-refractivity contribution is 5.41. The molecule has 0 aromatic carbocycles. The summed E-state index contributed by atoms with van der Waals surface area (Å²) in [6.07, 6.45) is 1.63. The summed E-state index contributed by atoms with van der Waals surface area (Å²) in [5.74, 6) is 0.578. The van der Waals surface area contributed by atoms with Crippen LogP contribution in [0.3, 0.4) is 0 Å². The first-order valence-corrected chi connectivity index (χ1v) is 4.33. The Morgan fingerprint density at radius 2 is 2.20 bits per heavy atom. The Bertz CT molecular complexity index is 534. The Hall–Kier alpha value is -2.24. The summed E-state index contributed by atoms with van der Waals surface area (Å²) < 4.78 is 1.43. The van der Waals surface area contributed by atoms with Crippen LogP contribution in [0.1, 0.15) is 5.69 Å². The quantitative estimate of drug-likeness (QED) is 0.700. The Balaban J connectivity index is 2.65. The number of hydrogen-bond acceptors (Lipinski definition) is 5. The van der Waals surface area contributed by atoms with Crippen LogP contribution in [0.2, 0.25) is 0 Å². The van der Waals surface area contributed by atoms with E-state index in [9.17, 15) is 4.79 Å². The second-order valence-corrected chi connectivity index (χ2v) is 2.99. The van der Waals surface area contributed by atoms with Gasteiger partial charge in [0.1, 0.15) is 5.69 Å². The van der Waals surface area contributed by atoms with E-state index < -0.39 is 5.56 Å². The fourth-order valence-electron chi connectivity index (χ4n) is 1.17. The van der Waals surface area contributed by atoms with Gasteiger partial charge < -0.3 is 5.73 Å². The smallest absolute Gasteiger partial charge is 0.314 e. The van der Waals surface area contributed by atoms with Crippen molar-refractivity contribution in [3.8, 4) is 5.82 Å². The van der Waals surface area contributed by atoms with Crippen molar-refractivity contribution < 1.29 is 0 Å².